The smallest absolute Gasteiger partial charge is 0.278 e. The normalized spacial score (nSPS) is 10.4. The summed E-state index contributed by atoms with van der Waals surface area (Å²) in [5, 5.41) is 17.5. The minimum absolute atomic E-state index is 0.0144. The van der Waals surface area contributed by atoms with Gasteiger partial charge < -0.3 is 10.1 Å². The van der Waals surface area contributed by atoms with Crippen LogP contribution in [0.1, 0.15) is 5.56 Å². The van der Waals surface area contributed by atoms with Crippen molar-refractivity contribution in [2.45, 2.75) is 0 Å². The van der Waals surface area contributed by atoms with Crippen LogP contribution in [0.2, 0.25) is 0 Å². The molecular weight excluding hydrogens is 312 g/mol. The van der Waals surface area contributed by atoms with Gasteiger partial charge in [0.25, 0.3) is 11.6 Å². The second-order valence-electron chi connectivity index (χ2n) is 4.69. The second-order valence-corrected chi connectivity index (χ2v) is 4.69. The van der Waals surface area contributed by atoms with Gasteiger partial charge in [0.15, 0.2) is 0 Å². The van der Waals surface area contributed by atoms with Crippen LogP contribution in [0.15, 0.2) is 53.6 Å². The molecule has 0 bridgehead atoms. The largest absolute Gasteiger partial charge is 0.497 e. The molecule has 0 spiro atoms. The Kier molecular flexibility index (Phi) is 5.84. The van der Waals surface area contributed by atoms with Gasteiger partial charge in [-0.2, -0.15) is 5.10 Å². The summed E-state index contributed by atoms with van der Waals surface area (Å²) in [5.74, 6) is 0.347. The number of nitro benzene ring substituents is 1. The number of nitrogens with zero attached hydrogens (tertiary/aromatic N) is 2. The molecule has 0 fully saturated rings. The van der Waals surface area contributed by atoms with E-state index < -0.39 is 4.92 Å². The zero-order chi connectivity index (χ0) is 17.4. The van der Waals surface area contributed by atoms with Crippen LogP contribution in [0, 0.1) is 10.1 Å². The Balaban J connectivity index is 1.85. The first kappa shape index (κ1) is 16.9. The van der Waals surface area contributed by atoms with E-state index in [0.29, 0.717) is 5.56 Å². The summed E-state index contributed by atoms with van der Waals surface area (Å²) in [7, 11) is 1.57. The van der Waals surface area contributed by atoms with Gasteiger partial charge >= 0.3 is 0 Å². The Morgan fingerprint density at radius 3 is 2.62 bits per heavy atom. The molecule has 124 valence electrons. The molecule has 0 saturated heterocycles. The van der Waals surface area contributed by atoms with E-state index in [4.69, 9.17) is 4.74 Å². The van der Waals surface area contributed by atoms with Gasteiger partial charge in [0.1, 0.15) is 5.75 Å². The number of benzene rings is 2. The Bertz CT molecular complexity index is 744. The van der Waals surface area contributed by atoms with Gasteiger partial charge in [-0.25, -0.2) is 5.43 Å². The van der Waals surface area contributed by atoms with E-state index in [1.807, 2.05) is 0 Å². The van der Waals surface area contributed by atoms with Crippen LogP contribution in [-0.2, 0) is 4.79 Å². The van der Waals surface area contributed by atoms with E-state index in [1.54, 1.807) is 49.6 Å². The average Bonchev–Trinajstić information content (AvgIpc) is 2.60. The highest BCUT2D eigenvalue weighted by molar-refractivity contribution is 5.87. The number of methoxy groups -OCH3 is 1. The van der Waals surface area contributed by atoms with Crippen LogP contribution in [0.5, 0.6) is 5.75 Å². The summed E-state index contributed by atoms with van der Waals surface area (Å²) in [6.07, 6.45) is 1.24. The number of hydrogen-bond donors (Lipinski definition) is 2. The van der Waals surface area contributed by atoms with Gasteiger partial charge in [-0.1, -0.05) is 12.1 Å². The van der Waals surface area contributed by atoms with Crippen molar-refractivity contribution in [3.63, 3.8) is 0 Å². The van der Waals surface area contributed by atoms with Gasteiger partial charge in [-0.3, -0.25) is 14.9 Å². The van der Waals surface area contributed by atoms with Crippen LogP contribution < -0.4 is 15.5 Å². The number of anilines is 1. The lowest BCUT2D eigenvalue weighted by molar-refractivity contribution is -0.385. The Labute approximate surface area is 138 Å². The fraction of sp³-hybridized carbons (Fsp3) is 0.125. The molecule has 0 aliphatic heterocycles. The highest BCUT2D eigenvalue weighted by Gasteiger charge is 2.10. The maximum atomic E-state index is 11.7. The van der Waals surface area contributed by atoms with Crippen LogP contribution >= 0.6 is 0 Å². The van der Waals surface area contributed by atoms with Crippen molar-refractivity contribution in [3.05, 3.63) is 64.2 Å². The third-order valence-corrected chi connectivity index (χ3v) is 3.07. The zero-order valence-corrected chi connectivity index (χ0v) is 12.9. The predicted molar refractivity (Wildman–Crippen MR) is 90.3 cm³/mol. The number of ether oxygens (including phenoxy) is 1. The number of para-hydroxylation sites is 1. The highest BCUT2D eigenvalue weighted by atomic mass is 16.6. The second kappa shape index (κ2) is 8.28. The summed E-state index contributed by atoms with van der Waals surface area (Å²) < 4.78 is 5.04. The lowest BCUT2D eigenvalue weighted by Gasteiger charge is -2.06. The van der Waals surface area contributed by atoms with E-state index in [0.717, 1.165) is 11.4 Å². The minimum Gasteiger partial charge on any atom is -0.497 e. The molecule has 24 heavy (non-hydrogen) atoms. The number of hydrazone groups is 1. The first-order chi connectivity index (χ1) is 11.6. The molecule has 8 nitrogen and oxygen atoms in total. The van der Waals surface area contributed by atoms with Crippen molar-refractivity contribution >= 4 is 23.5 Å². The molecule has 2 aromatic carbocycles. The average molecular weight is 328 g/mol. The fourth-order valence-corrected chi connectivity index (χ4v) is 1.87. The lowest BCUT2D eigenvalue weighted by Crippen LogP contribution is -2.25. The molecule has 0 aliphatic carbocycles. The molecule has 0 saturated carbocycles. The molecule has 0 atom stereocenters. The monoisotopic (exact) mass is 328 g/mol. The fourth-order valence-electron chi connectivity index (χ4n) is 1.87. The van der Waals surface area contributed by atoms with Gasteiger partial charge in [-0.05, 0) is 30.3 Å². The van der Waals surface area contributed by atoms with Crippen molar-refractivity contribution in [1.82, 2.24) is 5.43 Å². The number of nitrogens with one attached hydrogen (secondary N) is 2. The number of rotatable bonds is 7. The summed E-state index contributed by atoms with van der Waals surface area (Å²) in [4.78, 5) is 22.1. The summed E-state index contributed by atoms with van der Waals surface area (Å²) in [6, 6.07) is 13.2. The lowest BCUT2D eigenvalue weighted by atomic mass is 10.2. The van der Waals surface area contributed by atoms with E-state index in [2.05, 4.69) is 15.8 Å². The Morgan fingerprint density at radius 1 is 1.25 bits per heavy atom. The van der Waals surface area contributed by atoms with Crippen LogP contribution in [-0.4, -0.2) is 30.7 Å². The van der Waals surface area contributed by atoms with Crippen LogP contribution in [0.25, 0.3) is 0 Å². The molecule has 0 aliphatic rings. The van der Waals surface area contributed by atoms with Crippen molar-refractivity contribution in [2.75, 3.05) is 19.0 Å². The number of hydrogen-bond acceptors (Lipinski definition) is 6. The van der Waals surface area contributed by atoms with E-state index in [-0.39, 0.29) is 18.1 Å². The van der Waals surface area contributed by atoms with Crippen molar-refractivity contribution in [2.24, 2.45) is 5.10 Å². The molecule has 2 N–H and O–H groups in total. The van der Waals surface area contributed by atoms with Gasteiger partial charge in [0.05, 0.1) is 30.4 Å². The third kappa shape index (κ3) is 4.80. The van der Waals surface area contributed by atoms with Crippen molar-refractivity contribution in [3.8, 4) is 5.75 Å². The Morgan fingerprint density at radius 2 is 1.96 bits per heavy atom. The number of nitro groups is 1. The standard InChI is InChI=1S/C16H16N4O4/c1-24-14-8-6-13(7-9-14)17-11-16(21)19-18-10-12-4-2-3-5-15(12)20(22)23/h2-10,17H,11H2,1H3,(H,19,21)/b18-10-. The molecule has 0 heterocycles. The minimum atomic E-state index is -0.506. The highest BCUT2D eigenvalue weighted by Crippen LogP contribution is 2.15. The number of carbonyl (C=O) groups is 1. The molecular formula is C16H16N4O4. The molecule has 1 amide bonds. The van der Waals surface area contributed by atoms with Crippen molar-refractivity contribution in [1.29, 1.82) is 0 Å². The van der Waals surface area contributed by atoms with Gasteiger partial charge in [0, 0.05) is 11.8 Å². The summed E-state index contributed by atoms with van der Waals surface area (Å²) in [6.45, 7) is 0.0144. The van der Waals surface area contributed by atoms with E-state index >= 15 is 0 Å². The quantitative estimate of drug-likeness (QED) is 0.460. The van der Waals surface area contributed by atoms with E-state index in [1.165, 1.54) is 12.3 Å². The van der Waals surface area contributed by atoms with Gasteiger partial charge in [-0.15, -0.1) is 0 Å². The number of carbonyl (C=O) groups excluding carboxylic acids is 1. The summed E-state index contributed by atoms with van der Waals surface area (Å²) >= 11 is 0. The predicted octanol–water partition coefficient (Wildman–Crippen LogP) is 2.17. The molecule has 0 radical (unpaired) electrons. The molecule has 0 aromatic heterocycles. The maximum Gasteiger partial charge on any atom is 0.278 e. The van der Waals surface area contributed by atoms with Crippen LogP contribution in [0.4, 0.5) is 11.4 Å². The van der Waals surface area contributed by atoms with Crippen LogP contribution in [0.3, 0.4) is 0 Å². The summed E-state index contributed by atoms with van der Waals surface area (Å²) in [5.41, 5.74) is 3.30. The molecule has 2 rings (SSSR count). The maximum absolute atomic E-state index is 11.7. The first-order valence-corrected chi connectivity index (χ1v) is 7.03. The Hall–Kier alpha value is -3.42. The first-order valence-electron chi connectivity index (χ1n) is 7.03. The molecule has 8 heteroatoms. The molecule has 0 unspecified atom stereocenters. The third-order valence-electron chi connectivity index (χ3n) is 3.07. The van der Waals surface area contributed by atoms with E-state index in [9.17, 15) is 14.9 Å². The SMILES string of the molecule is COc1ccc(NCC(=O)N/N=C\c2ccccc2[N+](=O)[O-])cc1. The van der Waals surface area contributed by atoms with Gasteiger partial charge in [0.2, 0.25) is 0 Å². The molecule has 2 aromatic rings. The topological polar surface area (TPSA) is 106 Å². The zero-order valence-electron chi connectivity index (χ0n) is 12.9. The van der Waals surface area contributed by atoms with Crippen molar-refractivity contribution < 1.29 is 14.5 Å². The number of amides is 1.